The summed E-state index contributed by atoms with van der Waals surface area (Å²) in [4.78, 5) is 0. The Balaban J connectivity index is 2.26. The first-order valence-corrected chi connectivity index (χ1v) is 6.64. The van der Waals surface area contributed by atoms with Crippen molar-refractivity contribution < 1.29 is 4.39 Å². The molecule has 2 rings (SSSR count). The maximum atomic E-state index is 13.5. The lowest BCUT2D eigenvalue weighted by atomic mass is 10.0. The summed E-state index contributed by atoms with van der Waals surface area (Å²) in [5.41, 5.74) is 1.88. The molecule has 0 amide bonds. The summed E-state index contributed by atoms with van der Waals surface area (Å²) in [5, 5.41) is 7.67. The van der Waals surface area contributed by atoms with Gasteiger partial charge in [0.25, 0.3) is 0 Å². The highest BCUT2D eigenvalue weighted by atomic mass is 35.5. The third kappa shape index (κ3) is 3.33. The molecule has 0 saturated heterocycles. The molecule has 102 valence electrons. The number of aryl methyl sites for hydroxylation is 1. The topological polar surface area (TPSA) is 29.9 Å². The second kappa shape index (κ2) is 6.17. The molecule has 0 bridgehead atoms. The molecule has 1 unspecified atom stereocenters. The van der Waals surface area contributed by atoms with E-state index in [1.165, 1.54) is 6.07 Å². The van der Waals surface area contributed by atoms with Gasteiger partial charge in [-0.2, -0.15) is 5.10 Å². The number of halogens is 2. The van der Waals surface area contributed by atoms with Crippen molar-refractivity contribution in [3.8, 4) is 0 Å². The molecule has 0 aliphatic heterocycles. The van der Waals surface area contributed by atoms with Crippen LogP contribution in [0.4, 0.5) is 4.39 Å². The summed E-state index contributed by atoms with van der Waals surface area (Å²) in [6.45, 7) is 2.81. The van der Waals surface area contributed by atoms with Crippen LogP contribution in [-0.4, -0.2) is 16.3 Å². The third-order valence-electron chi connectivity index (χ3n) is 3.01. The van der Waals surface area contributed by atoms with Crippen molar-refractivity contribution in [3.05, 3.63) is 52.6 Å². The fraction of sp³-hybridized carbons (Fsp3) is 0.357. The molecule has 0 aliphatic rings. The molecule has 1 aromatic carbocycles. The molecule has 5 heteroatoms. The highest BCUT2D eigenvalue weighted by molar-refractivity contribution is 6.31. The fourth-order valence-corrected chi connectivity index (χ4v) is 2.40. The highest BCUT2D eigenvalue weighted by Crippen LogP contribution is 2.27. The summed E-state index contributed by atoms with van der Waals surface area (Å²) in [6, 6.07) is 4.90. The molecular weight excluding hydrogens is 265 g/mol. The van der Waals surface area contributed by atoms with E-state index < -0.39 is 0 Å². The standard InChI is InChI=1S/C14H17ClFN3/c1-3-17-13(7-10-8-18-19(2)9-10)11-5-4-6-12(16)14(11)15/h4-6,8-9,13,17H,3,7H2,1-2H3. The van der Waals surface area contributed by atoms with E-state index in [0.29, 0.717) is 0 Å². The normalized spacial score (nSPS) is 12.6. The second-order valence-electron chi connectivity index (χ2n) is 4.48. The molecule has 1 aromatic heterocycles. The minimum absolute atomic E-state index is 0.0163. The van der Waals surface area contributed by atoms with Crippen molar-refractivity contribution in [1.29, 1.82) is 0 Å². The first kappa shape index (κ1) is 14.0. The molecule has 0 spiro atoms. The Morgan fingerprint density at radius 2 is 2.26 bits per heavy atom. The van der Waals surface area contributed by atoms with E-state index in [1.54, 1.807) is 10.7 Å². The maximum absolute atomic E-state index is 13.5. The summed E-state index contributed by atoms with van der Waals surface area (Å²) in [7, 11) is 1.88. The van der Waals surface area contributed by atoms with Gasteiger partial charge in [0.05, 0.1) is 11.2 Å². The molecule has 19 heavy (non-hydrogen) atoms. The number of nitrogens with zero attached hydrogens (tertiary/aromatic N) is 2. The quantitative estimate of drug-likeness (QED) is 0.913. The molecule has 1 atom stereocenters. The lowest BCUT2D eigenvalue weighted by molar-refractivity contribution is 0.543. The van der Waals surface area contributed by atoms with Crippen LogP contribution in [0.3, 0.4) is 0 Å². The summed E-state index contributed by atoms with van der Waals surface area (Å²) in [6.07, 6.45) is 4.50. The van der Waals surface area contributed by atoms with Gasteiger partial charge >= 0.3 is 0 Å². The van der Waals surface area contributed by atoms with Crippen LogP contribution in [0.15, 0.2) is 30.6 Å². The Hall–Kier alpha value is -1.39. The second-order valence-corrected chi connectivity index (χ2v) is 4.86. The Bertz CT molecular complexity index is 553. The number of hydrogen-bond donors (Lipinski definition) is 1. The van der Waals surface area contributed by atoms with E-state index in [-0.39, 0.29) is 16.9 Å². The van der Waals surface area contributed by atoms with Crippen molar-refractivity contribution in [1.82, 2.24) is 15.1 Å². The highest BCUT2D eigenvalue weighted by Gasteiger charge is 2.17. The predicted molar refractivity (Wildman–Crippen MR) is 74.7 cm³/mol. The first-order valence-electron chi connectivity index (χ1n) is 6.26. The van der Waals surface area contributed by atoms with E-state index in [9.17, 15) is 4.39 Å². The molecule has 1 heterocycles. The smallest absolute Gasteiger partial charge is 0.142 e. The Morgan fingerprint density at radius 1 is 1.47 bits per heavy atom. The van der Waals surface area contributed by atoms with Crippen LogP contribution in [0, 0.1) is 5.82 Å². The molecule has 3 nitrogen and oxygen atoms in total. The largest absolute Gasteiger partial charge is 0.310 e. The molecule has 1 N–H and O–H groups in total. The maximum Gasteiger partial charge on any atom is 0.142 e. The van der Waals surface area contributed by atoms with Crippen LogP contribution < -0.4 is 5.32 Å². The number of aromatic nitrogens is 2. The van der Waals surface area contributed by atoms with Gasteiger partial charge in [-0.15, -0.1) is 0 Å². The molecular formula is C14H17ClFN3. The first-order chi connectivity index (χ1) is 9.11. The van der Waals surface area contributed by atoms with Gasteiger partial charge in [-0.25, -0.2) is 4.39 Å². The summed E-state index contributed by atoms with van der Waals surface area (Å²) in [5.74, 6) is -0.381. The van der Waals surface area contributed by atoms with Crippen LogP contribution in [0.5, 0.6) is 0 Å². The zero-order valence-electron chi connectivity index (χ0n) is 11.0. The number of hydrogen-bond acceptors (Lipinski definition) is 2. The van der Waals surface area contributed by atoms with Crippen molar-refractivity contribution in [2.75, 3.05) is 6.54 Å². The fourth-order valence-electron chi connectivity index (χ4n) is 2.14. The number of likely N-dealkylation sites (N-methyl/N-ethyl adjacent to an activating group) is 1. The lowest BCUT2D eigenvalue weighted by Gasteiger charge is -2.19. The number of rotatable bonds is 5. The van der Waals surface area contributed by atoms with Crippen molar-refractivity contribution >= 4 is 11.6 Å². The minimum atomic E-state index is -0.381. The van der Waals surface area contributed by atoms with Crippen molar-refractivity contribution in [2.45, 2.75) is 19.4 Å². The van der Waals surface area contributed by atoms with Crippen molar-refractivity contribution in [2.24, 2.45) is 7.05 Å². The van der Waals surface area contributed by atoms with Gasteiger partial charge in [-0.05, 0) is 30.2 Å². The van der Waals surface area contributed by atoms with Crippen LogP contribution in [0.2, 0.25) is 5.02 Å². The summed E-state index contributed by atoms with van der Waals surface area (Å²) < 4.78 is 15.3. The molecule has 0 saturated carbocycles. The van der Waals surface area contributed by atoms with Gasteiger partial charge < -0.3 is 5.32 Å². The van der Waals surface area contributed by atoms with Crippen molar-refractivity contribution in [3.63, 3.8) is 0 Å². The van der Waals surface area contributed by atoms with Crippen LogP contribution in [-0.2, 0) is 13.5 Å². The van der Waals surface area contributed by atoms with Gasteiger partial charge in [0.15, 0.2) is 0 Å². The Labute approximate surface area is 117 Å². The summed E-state index contributed by atoms with van der Waals surface area (Å²) >= 11 is 6.06. The number of nitrogens with one attached hydrogen (secondary N) is 1. The van der Waals surface area contributed by atoms with Gasteiger partial charge in [0.1, 0.15) is 5.82 Å². The van der Waals surface area contributed by atoms with Gasteiger partial charge in [-0.1, -0.05) is 30.7 Å². The van der Waals surface area contributed by atoms with Crippen LogP contribution in [0.1, 0.15) is 24.1 Å². The minimum Gasteiger partial charge on any atom is -0.310 e. The average Bonchev–Trinajstić information content (AvgIpc) is 2.78. The van der Waals surface area contributed by atoms with Gasteiger partial charge in [0.2, 0.25) is 0 Å². The average molecular weight is 282 g/mol. The zero-order chi connectivity index (χ0) is 13.8. The Morgan fingerprint density at radius 3 is 2.89 bits per heavy atom. The predicted octanol–water partition coefficient (Wildman–Crippen LogP) is 3.11. The van der Waals surface area contributed by atoms with Crippen LogP contribution in [0.25, 0.3) is 0 Å². The Kier molecular flexibility index (Phi) is 4.56. The van der Waals surface area contributed by atoms with E-state index in [4.69, 9.17) is 11.6 Å². The number of benzene rings is 1. The van der Waals surface area contributed by atoms with E-state index in [0.717, 1.165) is 24.1 Å². The monoisotopic (exact) mass is 281 g/mol. The third-order valence-corrected chi connectivity index (χ3v) is 3.40. The van der Waals surface area contributed by atoms with Gasteiger partial charge in [-0.3, -0.25) is 4.68 Å². The van der Waals surface area contributed by atoms with E-state index in [2.05, 4.69) is 10.4 Å². The SMILES string of the molecule is CCNC(Cc1cnn(C)c1)c1cccc(F)c1Cl. The molecule has 0 radical (unpaired) electrons. The van der Waals surface area contributed by atoms with Gasteiger partial charge in [0, 0.05) is 19.3 Å². The van der Waals surface area contributed by atoms with E-state index >= 15 is 0 Å². The van der Waals surface area contributed by atoms with E-state index in [1.807, 2.05) is 32.4 Å². The molecule has 2 aromatic rings. The zero-order valence-corrected chi connectivity index (χ0v) is 11.8. The molecule has 0 fully saturated rings. The molecule has 0 aliphatic carbocycles. The lowest BCUT2D eigenvalue weighted by Crippen LogP contribution is -2.23. The van der Waals surface area contributed by atoms with Crippen LogP contribution >= 0.6 is 11.6 Å².